The highest BCUT2D eigenvalue weighted by atomic mass is 35.5. The van der Waals surface area contributed by atoms with E-state index < -0.39 is 0 Å². The van der Waals surface area contributed by atoms with Gasteiger partial charge in [-0.25, -0.2) is 4.98 Å². The Balaban J connectivity index is 1.70. The number of carbonyl (C=O) groups excluding carboxylic acids is 1. The number of thiophene rings is 1. The van der Waals surface area contributed by atoms with Crippen molar-refractivity contribution in [1.29, 1.82) is 0 Å². The molecule has 0 aliphatic carbocycles. The summed E-state index contributed by atoms with van der Waals surface area (Å²) >= 11 is 8.90. The van der Waals surface area contributed by atoms with E-state index in [0.717, 1.165) is 20.7 Å². The number of methoxy groups -OCH3 is 1. The van der Waals surface area contributed by atoms with Crippen LogP contribution in [0.3, 0.4) is 0 Å². The topological polar surface area (TPSA) is 55.3 Å². The van der Waals surface area contributed by atoms with Crippen molar-refractivity contribution in [3.05, 3.63) is 69.6 Å². The zero-order valence-corrected chi connectivity index (χ0v) is 17.4. The second-order valence-electron chi connectivity index (χ2n) is 6.03. The maximum Gasteiger partial charge on any atom is 0.234 e. The molecular weight excluding hydrogens is 414 g/mol. The van der Waals surface area contributed by atoms with Gasteiger partial charge in [0.05, 0.1) is 29.1 Å². The van der Waals surface area contributed by atoms with Crippen LogP contribution in [-0.4, -0.2) is 23.0 Å². The molecule has 0 spiro atoms. The number of ether oxygens (including phenoxy) is 1. The molecule has 0 saturated heterocycles. The molecule has 0 atom stereocenters. The third kappa shape index (κ3) is 4.01. The number of halogens is 1. The van der Waals surface area contributed by atoms with Crippen molar-refractivity contribution in [3.8, 4) is 5.75 Å². The molecule has 0 N–H and O–H groups in total. The first-order valence-corrected chi connectivity index (χ1v) is 10.5. The molecule has 0 saturated carbocycles. The third-order valence-electron chi connectivity index (χ3n) is 4.14. The molecule has 0 radical (unpaired) electrons. The monoisotopic (exact) mass is 429 g/mol. The van der Waals surface area contributed by atoms with Gasteiger partial charge in [0.25, 0.3) is 0 Å². The van der Waals surface area contributed by atoms with Crippen LogP contribution >= 0.6 is 34.3 Å². The summed E-state index contributed by atoms with van der Waals surface area (Å²) in [5.74, 6) is 0.652. The lowest BCUT2D eigenvalue weighted by Gasteiger charge is -2.19. The molecule has 142 valence electrons. The Bertz CT molecular complexity index is 1110. The Morgan fingerprint density at radius 2 is 2.07 bits per heavy atom. The van der Waals surface area contributed by atoms with Gasteiger partial charge in [0.1, 0.15) is 11.3 Å². The molecule has 1 amide bonds. The first-order chi connectivity index (χ1) is 13.6. The van der Waals surface area contributed by atoms with Crippen molar-refractivity contribution in [2.75, 3.05) is 12.0 Å². The van der Waals surface area contributed by atoms with E-state index in [1.165, 1.54) is 22.7 Å². The highest BCUT2D eigenvalue weighted by Gasteiger charge is 2.22. The van der Waals surface area contributed by atoms with Crippen molar-refractivity contribution in [3.63, 3.8) is 0 Å². The maximum absolute atomic E-state index is 13.2. The first-order valence-electron chi connectivity index (χ1n) is 8.51. The number of para-hydroxylation sites is 1. The fourth-order valence-corrected chi connectivity index (χ4v) is 4.90. The second-order valence-corrected chi connectivity index (χ2v) is 8.84. The summed E-state index contributed by atoms with van der Waals surface area (Å²) < 4.78 is 7.06. The van der Waals surface area contributed by atoms with Crippen molar-refractivity contribution >= 4 is 55.5 Å². The summed E-state index contributed by atoms with van der Waals surface area (Å²) in [4.78, 5) is 24.6. The van der Waals surface area contributed by atoms with Crippen LogP contribution < -0.4 is 9.64 Å². The Morgan fingerprint density at radius 1 is 1.18 bits per heavy atom. The number of hydrogen-bond donors (Lipinski definition) is 0. The van der Waals surface area contributed by atoms with Crippen molar-refractivity contribution in [2.24, 2.45) is 0 Å². The summed E-state index contributed by atoms with van der Waals surface area (Å²) in [6.45, 7) is 0.397. The van der Waals surface area contributed by atoms with Crippen LogP contribution in [0, 0.1) is 0 Å². The summed E-state index contributed by atoms with van der Waals surface area (Å²) in [5.41, 5.74) is 1.69. The molecule has 4 aromatic rings. The number of hydrogen-bond acceptors (Lipinski definition) is 6. The molecule has 5 nitrogen and oxygen atoms in total. The van der Waals surface area contributed by atoms with Crippen LogP contribution in [0.1, 0.15) is 10.4 Å². The minimum Gasteiger partial charge on any atom is -0.494 e. The van der Waals surface area contributed by atoms with Crippen LogP contribution in [-0.2, 0) is 17.8 Å². The lowest BCUT2D eigenvalue weighted by atomic mass is 10.2. The number of thiazole rings is 1. The fraction of sp³-hybridized carbons (Fsp3) is 0.150. The predicted octanol–water partition coefficient (Wildman–Crippen LogP) is 5.19. The van der Waals surface area contributed by atoms with Crippen LogP contribution in [0.25, 0.3) is 10.2 Å². The average molecular weight is 430 g/mol. The van der Waals surface area contributed by atoms with E-state index in [4.69, 9.17) is 21.3 Å². The standard InChI is InChI=1S/C20H16ClN3O2S2/c1-26-15-5-2-6-16-19(15)23-20(28-16)24(12-13-4-3-9-22-11-13)18(25)10-14-7-8-17(21)27-14/h2-9,11H,10,12H2,1H3. The van der Waals surface area contributed by atoms with Gasteiger partial charge in [-0.3, -0.25) is 14.7 Å². The van der Waals surface area contributed by atoms with Crippen molar-refractivity contribution < 1.29 is 9.53 Å². The summed E-state index contributed by atoms with van der Waals surface area (Å²) in [7, 11) is 1.62. The molecule has 0 aliphatic heterocycles. The van der Waals surface area contributed by atoms with Crippen molar-refractivity contribution in [1.82, 2.24) is 9.97 Å². The van der Waals surface area contributed by atoms with Gasteiger partial charge in [0, 0.05) is 17.3 Å². The number of pyridine rings is 1. The number of aromatic nitrogens is 2. The van der Waals surface area contributed by atoms with Crippen LogP contribution in [0.2, 0.25) is 4.34 Å². The van der Waals surface area contributed by atoms with Crippen molar-refractivity contribution in [2.45, 2.75) is 13.0 Å². The Labute approximate surface area is 175 Å². The molecule has 3 aromatic heterocycles. The molecule has 3 heterocycles. The average Bonchev–Trinajstić information content (AvgIpc) is 3.32. The number of nitrogens with zero attached hydrogens (tertiary/aromatic N) is 3. The summed E-state index contributed by atoms with van der Waals surface area (Å²) in [6.07, 6.45) is 3.74. The van der Waals surface area contributed by atoms with E-state index in [2.05, 4.69) is 4.98 Å². The van der Waals surface area contributed by atoms with Crippen LogP contribution in [0.15, 0.2) is 54.9 Å². The smallest absolute Gasteiger partial charge is 0.234 e. The maximum atomic E-state index is 13.2. The molecule has 1 aromatic carbocycles. The van der Waals surface area contributed by atoms with Gasteiger partial charge in [-0.05, 0) is 35.9 Å². The normalized spacial score (nSPS) is 10.9. The lowest BCUT2D eigenvalue weighted by Crippen LogP contribution is -2.31. The quantitative estimate of drug-likeness (QED) is 0.423. The minimum atomic E-state index is -0.0413. The van der Waals surface area contributed by atoms with E-state index in [9.17, 15) is 4.79 Å². The largest absolute Gasteiger partial charge is 0.494 e. The molecule has 0 fully saturated rings. The summed E-state index contributed by atoms with van der Waals surface area (Å²) in [6, 6.07) is 13.3. The van der Waals surface area contributed by atoms with Crippen LogP contribution in [0.4, 0.5) is 5.13 Å². The number of carbonyl (C=O) groups is 1. The fourth-order valence-electron chi connectivity index (χ4n) is 2.82. The van der Waals surface area contributed by atoms with E-state index in [1.807, 2.05) is 42.5 Å². The number of benzene rings is 1. The van der Waals surface area contributed by atoms with Gasteiger partial charge in [-0.15, -0.1) is 11.3 Å². The molecular formula is C20H16ClN3O2S2. The van der Waals surface area contributed by atoms with E-state index in [-0.39, 0.29) is 12.3 Å². The van der Waals surface area contributed by atoms with E-state index in [1.54, 1.807) is 24.4 Å². The number of rotatable bonds is 6. The van der Waals surface area contributed by atoms with Crippen LogP contribution in [0.5, 0.6) is 5.75 Å². The molecule has 0 aliphatic rings. The number of fused-ring (bicyclic) bond motifs is 1. The third-order valence-corrected chi connectivity index (χ3v) is 6.42. The molecule has 28 heavy (non-hydrogen) atoms. The zero-order chi connectivity index (χ0) is 19.5. The Kier molecular flexibility index (Phi) is 5.57. The number of amides is 1. The van der Waals surface area contributed by atoms with E-state index in [0.29, 0.717) is 21.8 Å². The van der Waals surface area contributed by atoms with Gasteiger partial charge < -0.3 is 4.74 Å². The Morgan fingerprint density at radius 3 is 2.79 bits per heavy atom. The zero-order valence-electron chi connectivity index (χ0n) is 15.0. The number of anilines is 1. The first kappa shape index (κ1) is 18.9. The highest BCUT2D eigenvalue weighted by molar-refractivity contribution is 7.22. The SMILES string of the molecule is COc1cccc2sc(N(Cc3cccnc3)C(=O)Cc3ccc(Cl)s3)nc12. The Hall–Kier alpha value is -2.48. The van der Waals surface area contributed by atoms with Gasteiger partial charge in [0.2, 0.25) is 5.91 Å². The predicted molar refractivity (Wildman–Crippen MR) is 115 cm³/mol. The highest BCUT2D eigenvalue weighted by Crippen LogP contribution is 2.35. The molecule has 0 unspecified atom stereocenters. The molecule has 4 rings (SSSR count). The molecule has 8 heteroatoms. The molecule has 0 bridgehead atoms. The van der Waals surface area contributed by atoms with Gasteiger partial charge in [-0.1, -0.05) is 35.1 Å². The second kappa shape index (κ2) is 8.26. The lowest BCUT2D eigenvalue weighted by molar-refractivity contribution is -0.118. The minimum absolute atomic E-state index is 0.0413. The van der Waals surface area contributed by atoms with Gasteiger partial charge in [-0.2, -0.15) is 0 Å². The summed E-state index contributed by atoms with van der Waals surface area (Å²) in [5, 5.41) is 0.635. The van der Waals surface area contributed by atoms with Gasteiger partial charge in [0.15, 0.2) is 5.13 Å². The van der Waals surface area contributed by atoms with E-state index >= 15 is 0 Å². The van der Waals surface area contributed by atoms with Gasteiger partial charge >= 0.3 is 0 Å².